The van der Waals surface area contributed by atoms with Gasteiger partial charge in [-0.15, -0.1) is 6.58 Å². The molecule has 0 radical (unpaired) electrons. The molecule has 1 aromatic carbocycles. The number of benzene rings is 1. The van der Waals surface area contributed by atoms with Gasteiger partial charge in [0.1, 0.15) is 0 Å². The van der Waals surface area contributed by atoms with Crippen molar-refractivity contribution in [3.05, 3.63) is 67.3 Å². The summed E-state index contributed by atoms with van der Waals surface area (Å²) in [5, 5.41) is 11.5. The van der Waals surface area contributed by atoms with Crippen LogP contribution >= 0.6 is 0 Å². The zero-order chi connectivity index (χ0) is 23.5. The van der Waals surface area contributed by atoms with Crippen molar-refractivity contribution >= 4 is 28.6 Å². The molecule has 34 heavy (non-hydrogen) atoms. The largest absolute Gasteiger partial charge is 0.350 e. The predicted octanol–water partition coefficient (Wildman–Crippen LogP) is 4.07. The Morgan fingerprint density at radius 2 is 2.06 bits per heavy atom. The van der Waals surface area contributed by atoms with Crippen LogP contribution in [0.1, 0.15) is 31.9 Å². The molecule has 4 aromatic rings. The molecule has 1 atom stereocenters. The molecular formula is C25H31N9. The zero-order valence-electron chi connectivity index (χ0n) is 19.7. The van der Waals surface area contributed by atoms with Gasteiger partial charge in [0.15, 0.2) is 17.0 Å². The summed E-state index contributed by atoms with van der Waals surface area (Å²) in [5.41, 5.74) is 3.62. The van der Waals surface area contributed by atoms with Crippen LogP contribution in [0.3, 0.4) is 0 Å². The number of hydrogen-bond acceptors (Lipinski definition) is 7. The molecule has 0 amide bonds. The van der Waals surface area contributed by atoms with Crippen molar-refractivity contribution in [2.24, 2.45) is 0 Å². The van der Waals surface area contributed by atoms with Crippen molar-refractivity contribution in [1.29, 1.82) is 0 Å². The first kappa shape index (κ1) is 22.1. The van der Waals surface area contributed by atoms with E-state index in [2.05, 4.69) is 62.7 Å². The van der Waals surface area contributed by atoms with Gasteiger partial charge in [0.05, 0.1) is 24.8 Å². The molecule has 5 rings (SSSR count). The smallest absolute Gasteiger partial charge is 0.227 e. The first-order valence-electron chi connectivity index (χ1n) is 11.8. The molecule has 176 valence electrons. The molecule has 1 aliphatic rings. The number of aromatic nitrogens is 6. The first-order chi connectivity index (χ1) is 16.6. The maximum Gasteiger partial charge on any atom is 0.227 e. The molecular weight excluding hydrogens is 426 g/mol. The van der Waals surface area contributed by atoms with Crippen LogP contribution in [0.25, 0.3) is 11.2 Å². The molecule has 1 fully saturated rings. The number of nitrogens with zero attached hydrogens (tertiary/aromatic N) is 7. The van der Waals surface area contributed by atoms with Crippen molar-refractivity contribution in [1.82, 2.24) is 34.2 Å². The topological polar surface area (TPSA) is 88.7 Å². The van der Waals surface area contributed by atoms with E-state index >= 15 is 0 Å². The maximum atomic E-state index is 4.83. The van der Waals surface area contributed by atoms with Crippen LogP contribution in [0.4, 0.5) is 17.5 Å². The van der Waals surface area contributed by atoms with Gasteiger partial charge in [-0.2, -0.15) is 15.1 Å². The van der Waals surface area contributed by atoms with Crippen LogP contribution in [-0.4, -0.2) is 59.9 Å². The number of nitrogens with one attached hydrogen (secondary N) is 2. The van der Waals surface area contributed by atoms with Crippen molar-refractivity contribution in [3.8, 4) is 0 Å². The third-order valence-electron chi connectivity index (χ3n) is 6.05. The highest BCUT2D eigenvalue weighted by Gasteiger charge is 2.23. The molecule has 0 spiro atoms. The highest BCUT2D eigenvalue weighted by Crippen LogP contribution is 2.27. The van der Waals surface area contributed by atoms with Crippen LogP contribution in [0, 0.1) is 0 Å². The molecule has 9 nitrogen and oxygen atoms in total. The van der Waals surface area contributed by atoms with Crippen molar-refractivity contribution in [2.75, 3.05) is 30.3 Å². The van der Waals surface area contributed by atoms with Crippen molar-refractivity contribution < 1.29 is 0 Å². The molecule has 1 aliphatic heterocycles. The van der Waals surface area contributed by atoms with E-state index in [1.807, 2.05) is 47.7 Å². The Kier molecular flexibility index (Phi) is 6.27. The Balaban J connectivity index is 1.40. The van der Waals surface area contributed by atoms with Crippen LogP contribution in [0.5, 0.6) is 0 Å². The average molecular weight is 458 g/mol. The predicted molar refractivity (Wildman–Crippen MR) is 135 cm³/mol. The maximum absolute atomic E-state index is 4.83. The van der Waals surface area contributed by atoms with Crippen LogP contribution < -0.4 is 10.6 Å². The third kappa shape index (κ3) is 4.79. The van der Waals surface area contributed by atoms with Gasteiger partial charge in [0.2, 0.25) is 5.95 Å². The summed E-state index contributed by atoms with van der Waals surface area (Å²) in [6, 6.07) is 10.8. The van der Waals surface area contributed by atoms with E-state index in [4.69, 9.17) is 9.97 Å². The lowest BCUT2D eigenvalue weighted by atomic mass is 10.2. The fourth-order valence-corrected chi connectivity index (χ4v) is 4.35. The van der Waals surface area contributed by atoms with E-state index in [-0.39, 0.29) is 6.04 Å². The average Bonchev–Trinajstić information content (AvgIpc) is 3.55. The molecule has 1 saturated heterocycles. The lowest BCUT2D eigenvalue weighted by Gasteiger charge is -2.16. The fourth-order valence-electron chi connectivity index (χ4n) is 4.35. The number of fused-ring (bicyclic) bond motifs is 1. The fraction of sp³-hybridized carbons (Fsp3) is 0.360. The number of rotatable bonds is 9. The van der Waals surface area contributed by atoms with E-state index in [0.717, 1.165) is 42.9 Å². The van der Waals surface area contributed by atoms with Gasteiger partial charge >= 0.3 is 0 Å². The van der Waals surface area contributed by atoms with E-state index in [0.29, 0.717) is 24.4 Å². The second kappa shape index (κ2) is 9.64. The minimum absolute atomic E-state index is 0.240. The third-order valence-corrected chi connectivity index (χ3v) is 6.05. The molecule has 0 unspecified atom stereocenters. The molecule has 0 bridgehead atoms. The molecule has 3 aromatic heterocycles. The van der Waals surface area contributed by atoms with E-state index in [9.17, 15) is 0 Å². The zero-order valence-corrected chi connectivity index (χ0v) is 19.7. The normalized spacial score (nSPS) is 16.4. The van der Waals surface area contributed by atoms with Gasteiger partial charge in [-0.25, -0.2) is 4.98 Å². The summed E-state index contributed by atoms with van der Waals surface area (Å²) in [6.45, 7) is 11.7. The van der Waals surface area contributed by atoms with Crippen molar-refractivity contribution in [3.63, 3.8) is 0 Å². The Morgan fingerprint density at radius 1 is 1.21 bits per heavy atom. The lowest BCUT2D eigenvalue weighted by molar-refractivity contribution is 0.374. The van der Waals surface area contributed by atoms with E-state index in [1.54, 1.807) is 0 Å². The van der Waals surface area contributed by atoms with E-state index < -0.39 is 0 Å². The van der Waals surface area contributed by atoms with Gasteiger partial charge in [-0.05, 0) is 25.8 Å². The Morgan fingerprint density at radius 3 is 2.85 bits per heavy atom. The number of imidazole rings is 1. The SMILES string of the molecule is C=CCN1CC[C@H](Nc2nc(Nc3cnn(Cc4ccccc4)c3)c3ncn(C(C)C)c3n2)C1. The minimum atomic E-state index is 0.240. The van der Waals surface area contributed by atoms with Crippen LogP contribution in [-0.2, 0) is 6.54 Å². The summed E-state index contributed by atoms with van der Waals surface area (Å²) in [4.78, 5) is 16.6. The molecule has 0 saturated carbocycles. The first-order valence-corrected chi connectivity index (χ1v) is 11.8. The summed E-state index contributed by atoms with van der Waals surface area (Å²) in [6.07, 6.45) is 8.63. The molecule has 9 heteroatoms. The Bertz CT molecular complexity index is 1260. The number of hydrogen-bond donors (Lipinski definition) is 2. The van der Waals surface area contributed by atoms with Gasteiger partial charge in [-0.3, -0.25) is 9.58 Å². The second-order valence-electron chi connectivity index (χ2n) is 9.03. The second-order valence-corrected chi connectivity index (χ2v) is 9.03. The summed E-state index contributed by atoms with van der Waals surface area (Å²) in [5.74, 6) is 1.28. The number of likely N-dealkylation sites (tertiary alicyclic amines) is 1. The number of anilines is 3. The van der Waals surface area contributed by atoms with E-state index in [1.165, 1.54) is 5.56 Å². The summed E-state index contributed by atoms with van der Waals surface area (Å²) in [7, 11) is 0. The molecule has 4 heterocycles. The van der Waals surface area contributed by atoms with Gasteiger partial charge in [0, 0.05) is 37.9 Å². The monoisotopic (exact) mass is 457 g/mol. The summed E-state index contributed by atoms with van der Waals surface area (Å²) >= 11 is 0. The minimum Gasteiger partial charge on any atom is -0.350 e. The molecule has 2 N–H and O–H groups in total. The van der Waals surface area contributed by atoms with Crippen molar-refractivity contribution in [2.45, 2.75) is 38.9 Å². The lowest BCUT2D eigenvalue weighted by Crippen LogP contribution is -2.27. The highest BCUT2D eigenvalue weighted by molar-refractivity contribution is 5.86. The summed E-state index contributed by atoms with van der Waals surface area (Å²) < 4.78 is 3.99. The highest BCUT2D eigenvalue weighted by atomic mass is 15.3. The van der Waals surface area contributed by atoms with Gasteiger partial charge in [0.25, 0.3) is 0 Å². The Labute approximate surface area is 199 Å². The van der Waals surface area contributed by atoms with Crippen LogP contribution in [0.15, 0.2) is 61.7 Å². The van der Waals surface area contributed by atoms with Gasteiger partial charge in [-0.1, -0.05) is 36.4 Å². The van der Waals surface area contributed by atoms with Crippen LogP contribution in [0.2, 0.25) is 0 Å². The standard InChI is InChI=1S/C25H31N9/c1-4-11-32-12-10-20(15-32)29-25-30-23(22-24(31-25)34(17-26-22)18(2)3)28-21-13-27-33(16-21)14-19-8-6-5-7-9-19/h4-9,13,16-18,20H,1,10-12,14-15H2,2-3H3,(H2,28,29,30,31)/t20-/m0/s1. The Hall–Kier alpha value is -3.72. The quantitative estimate of drug-likeness (QED) is 0.366. The van der Waals surface area contributed by atoms with Gasteiger partial charge < -0.3 is 15.2 Å². The molecule has 0 aliphatic carbocycles.